The quantitative estimate of drug-likeness (QED) is 0.767. The lowest BCUT2D eigenvalue weighted by Crippen LogP contribution is -2.34. The highest BCUT2D eigenvalue weighted by Gasteiger charge is 2.34. The molecule has 2 unspecified atom stereocenters. The Hall–Kier alpha value is -1.08. The summed E-state index contributed by atoms with van der Waals surface area (Å²) < 4.78 is 0. The van der Waals surface area contributed by atoms with Crippen molar-refractivity contribution in [1.29, 1.82) is 0 Å². The summed E-state index contributed by atoms with van der Waals surface area (Å²) in [6, 6.07) is 8.51. The molecular weight excluding hydrogens is 196 g/mol. The van der Waals surface area contributed by atoms with Crippen LogP contribution in [0.25, 0.3) is 0 Å². The van der Waals surface area contributed by atoms with E-state index < -0.39 is 5.60 Å². The molecular formula is C15H20O. The van der Waals surface area contributed by atoms with Gasteiger partial charge in [0, 0.05) is 5.92 Å². The number of aryl methyl sites for hydroxylation is 1. The van der Waals surface area contributed by atoms with Gasteiger partial charge in [-0.25, -0.2) is 0 Å². The van der Waals surface area contributed by atoms with Gasteiger partial charge in [-0.15, -0.1) is 6.58 Å². The van der Waals surface area contributed by atoms with E-state index in [4.69, 9.17) is 0 Å². The van der Waals surface area contributed by atoms with E-state index in [2.05, 4.69) is 30.8 Å². The zero-order chi connectivity index (χ0) is 11.6. The molecule has 86 valence electrons. The molecule has 16 heavy (non-hydrogen) atoms. The van der Waals surface area contributed by atoms with Gasteiger partial charge in [0.25, 0.3) is 0 Å². The molecule has 1 heteroatoms. The van der Waals surface area contributed by atoms with Crippen molar-refractivity contribution in [3.05, 3.63) is 48.0 Å². The number of fused-ring (bicyclic) bond motifs is 1. The van der Waals surface area contributed by atoms with Crippen molar-refractivity contribution in [2.24, 2.45) is 0 Å². The summed E-state index contributed by atoms with van der Waals surface area (Å²) in [5.41, 5.74) is 2.09. The van der Waals surface area contributed by atoms with Crippen LogP contribution in [0.5, 0.6) is 0 Å². The normalized spacial score (nSPS) is 23.2. The molecule has 0 fully saturated rings. The summed E-state index contributed by atoms with van der Waals surface area (Å²) in [6.45, 7) is 5.67. The minimum Gasteiger partial charge on any atom is -0.389 e. The lowest BCUT2D eigenvalue weighted by Gasteiger charge is -2.36. The average molecular weight is 216 g/mol. The maximum atomic E-state index is 10.5. The summed E-state index contributed by atoms with van der Waals surface area (Å²) in [5, 5.41) is 10.5. The Bertz CT molecular complexity index is 379. The molecule has 0 spiro atoms. The van der Waals surface area contributed by atoms with Gasteiger partial charge in [-0.05, 0) is 43.7 Å². The fourth-order valence-corrected chi connectivity index (χ4v) is 2.83. The third-order valence-corrected chi connectivity index (χ3v) is 3.68. The molecule has 2 rings (SSSR count). The highest BCUT2D eigenvalue weighted by Crippen LogP contribution is 2.40. The molecule has 0 amide bonds. The molecule has 1 nitrogen and oxygen atoms in total. The van der Waals surface area contributed by atoms with E-state index in [1.165, 1.54) is 17.5 Å². The van der Waals surface area contributed by atoms with Crippen LogP contribution in [0.2, 0.25) is 0 Å². The Morgan fingerprint density at radius 3 is 3.00 bits per heavy atom. The molecule has 1 aliphatic rings. The van der Waals surface area contributed by atoms with Crippen LogP contribution in [0.15, 0.2) is 36.9 Å². The zero-order valence-electron chi connectivity index (χ0n) is 9.95. The van der Waals surface area contributed by atoms with Crippen molar-refractivity contribution in [3.63, 3.8) is 0 Å². The predicted octanol–water partition coefficient (Wildman–Crippen LogP) is 3.43. The fourth-order valence-electron chi connectivity index (χ4n) is 2.83. The number of hydrogen-bond acceptors (Lipinski definition) is 1. The highest BCUT2D eigenvalue weighted by molar-refractivity contribution is 5.34. The van der Waals surface area contributed by atoms with Gasteiger partial charge in [-0.1, -0.05) is 30.3 Å². The summed E-state index contributed by atoms with van der Waals surface area (Å²) in [7, 11) is 0. The summed E-state index contributed by atoms with van der Waals surface area (Å²) in [6.07, 6.45) is 5.88. The van der Waals surface area contributed by atoms with Crippen LogP contribution < -0.4 is 0 Å². The minimum atomic E-state index is -0.654. The standard InChI is InChI=1S/C15H20O/c1-3-11-15(2,16)14-10-6-8-12-7-4-5-9-13(12)14/h3-5,7,9,14,16H,1,6,8,10-11H2,2H3. The van der Waals surface area contributed by atoms with E-state index in [-0.39, 0.29) is 5.92 Å². The van der Waals surface area contributed by atoms with Gasteiger partial charge >= 0.3 is 0 Å². The Morgan fingerprint density at radius 1 is 1.50 bits per heavy atom. The van der Waals surface area contributed by atoms with Crippen molar-refractivity contribution >= 4 is 0 Å². The van der Waals surface area contributed by atoms with Crippen molar-refractivity contribution in [2.75, 3.05) is 0 Å². The molecule has 0 bridgehead atoms. The van der Waals surface area contributed by atoms with E-state index >= 15 is 0 Å². The first-order valence-corrected chi connectivity index (χ1v) is 6.06. The molecule has 1 aliphatic carbocycles. The van der Waals surface area contributed by atoms with Gasteiger partial charge in [0.1, 0.15) is 0 Å². The van der Waals surface area contributed by atoms with Crippen molar-refractivity contribution in [2.45, 2.75) is 44.1 Å². The lowest BCUT2D eigenvalue weighted by molar-refractivity contribution is 0.0275. The minimum absolute atomic E-state index is 0.260. The number of hydrogen-bond donors (Lipinski definition) is 1. The zero-order valence-corrected chi connectivity index (χ0v) is 9.95. The molecule has 1 aromatic rings. The number of rotatable bonds is 3. The van der Waals surface area contributed by atoms with Crippen LogP contribution in [-0.4, -0.2) is 10.7 Å². The molecule has 0 aliphatic heterocycles. The molecule has 0 radical (unpaired) electrons. The highest BCUT2D eigenvalue weighted by atomic mass is 16.3. The smallest absolute Gasteiger partial charge is 0.0722 e. The van der Waals surface area contributed by atoms with E-state index in [1.54, 1.807) is 0 Å². The Labute approximate surface area is 97.8 Å². The van der Waals surface area contributed by atoms with Gasteiger partial charge in [0.2, 0.25) is 0 Å². The van der Waals surface area contributed by atoms with Gasteiger partial charge in [0.05, 0.1) is 5.60 Å². The molecule has 0 heterocycles. The summed E-state index contributed by atoms with van der Waals surface area (Å²) in [5.74, 6) is 0.260. The second-order valence-corrected chi connectivity index (χ2v) is 4.99. The summed E-state index contributed by atoms with van der Waals surface area (Å²) >= 11 is 0. The van der Waals surface area contributed by atoms with E-state index in [0.29, 0.717) is 6.42 Å². The second kappa shape index (κ2) is 4.42. The average Bonchev–Trinajstić information content (AvgIpc) is 2.28. The maximum absolute atomic E-state index is 10.5. The molecule has 1 aromatic carbocycles. The van der Waals surface area contributed by atoms with E-state index in [0.717, 1.165) is 12.8 Å². The molecule has 2 atom stereocenters. The number of aliphatic hydroxyl groups is 1. The second-order valence-electron chi connectivity index (χ2n) is 4.99. The van der Waals surface area contributed by atoms with Crippen LogP contribution in [0.3, 0.4) is 0 Å². The lowest BCUT2D eigenvalue weighted by atomic mass is 9.73. The van der Waals surface area contributed by atoms with Crippen molar-refractivity contribution in [1.82, 2.24) is 0 Å². The first-order chi connectivity index (χ1) is 7.65. The van der Waals surface area contributed by atoms with Gasteiger partial charge < -0.3 is 5.11 Å². The molecule has 1 N–H and O–H groups in total. The van der Waals surface area contributed by atoms with Crippen LogP contribution in [0.1, 0.15) is 43.2 Å². The van der Waals surface area contributed by atoms with Gasteiger partial charge in [0.15, 0.2) is 0 Å². The maximum Gasteiger partial charge on any atom is 0.0722 e. The largest absolute Gasteiger partial charge is 0.389 e. The van der Waals surface area contributed by atoms with Crippen molar-refractivity contribution < 1.29 is 5.11 Å². The van der Waals surface area contributed by atoms with Gasteiger partial charge in [-0.3, -0.25) is 0 Å². The Balaban J connectivity index is 2.34. The molecule has 0 aromatic heterocycles. The van der Waals surface area contributed by atoms with Crippen molar-refractivity contribution in [3.8, 4) is 0 Å². The van der Waals surface area contributed by atoms with Crippen LogP contribution in [0.4, 0.5) is 0 Å². The summed E-state index contributed by atoms with van der Waals surface area (Å²) in [4.78, 5) is 0. The van der Waals surface area contributed by atoms with E-state index in [9.17, 15) is 5.11 Å². The van der Waals surface area contributed by atoms with Crippen LogP contribution in [0, 0.1) is 0 Å². The molecule has 0 saturated heterocycles. The van der Waals surface area contributed by atoms with Crippen LogP contribution >= 0.6 is 0 Å². The first kappa shape index (κ1) is 11.4. The predicted molar refractivity (Wildman–Crippen MR) is 67.6 cm³/mol. The topological polar surface area (TPSA) is 20.2 Å². The van der Waals surface area contributed by atoms with E-state index in [1.807, 2.05) is 13.0 Å². The SMILES string of the molecule is C=CCC(C)(O)C1CCCc2ccccc21. The third kappa shape index (κ3) is 2.05. The Morgan fingerprint density at radius 2 is 2.25 bits per heavy atom. The molecule has 0 saturated carbocycles. The number of benzene rings is 1. The fraction of sp³-hybridized carbons (Fsp3) is 0.467. The third-order valence-electron chi connectivity index (χ3n) is 3.68. The Kier molecular flexibility index (Phi) is 3.15. The van der Waals surface area contributed by atoms with Crippen LogP contribution in [-0.2, 0) is 6.42 Å². The monoisotopic (exact) mass is 216 g/mol. The first-order valence-electron chi connectivity index (χ1n) is 6.06. The van der Waals surface area contributed by atoms with Gasteiger partial charge in [-0.2, -0.15) is 0 Å².